The Bertz CT molecular complexity index is 693. The van der Waals surface area contributed by atoms with Gasteiger partial charge in [-0.15, -0.1) is 0 Å². The molecule has 16 heavy (non-hydrogen) atoms. The van der Waals surface area contributed by atoms with Gasteiger partial charge in [0.25, 0.3) is 0 Å². The standard InChI is InChI=1S/C14H14N2/c1-9-10(2)15-14-13-7-5-4-6-12(13)8-16(14)11(9)3/h4-8H,1-3H3. The lowest BCUT2D eigenvalue weighted by atomic mass is 10.2. The van der Waals surface area contributed by atoms with Crippen molar-refractivity contribution in [1.82, 2.24) is 9.38 Å². The fourth-order valence-corrected chi connectivity index (χ4v) is 2.20. The Kier molecular flexibility index (Phi) is 1.81. The van der Waals surface area contributed by atoms with Crippen molar-refractivity contribution in [3.8, 4) is 0 Å². The van der Waals surface area contributed by atoms with Gasteiger partial charge in [0.05, 0.1) is 0 Å². The van der Waals surface area contributed by atoms with Gasteiger partial charge in [-0.1, -0.05) is 24.3 Å². The largest absolute Gasteiger partial charge is 0.304 e. The van der Waals surface area contributed by atoms with E-state index in [1.165, 1.54) is 22.0 Å². The van der Waals surface area contributed by atoms with Gasteiger partial charge >= 0.3 is 0 Å². The molecule has 2 aromatic heterocycles. The molecule has 0 aliphatic carbocycles. The van der Waals surface area contributed by atoms with Crippen LogP contribution in [0, 0.1) is 20.8 Å². The molecule has 0 saturated heterocycles. The third-order valence-electron chi connectivity index (χ3n) is 3.42. The fourth-order valence-electron chi connectivity index (χ4n) is 2.20. The summed E-state index contributed by atoms with van der Waals surface area (Å²) in [7, 11) is 0. The fraction of sp³-hybridized carbons (Fsp3) is 0.214. The van der Waals surface area contributed by atoms with Gasteiger partial charge in [0, 0.05) is 28.4 Å². The zero-order chi connectivity index (χ0) is 11.3. The highest BCUT2D eigenvalue weighted by Gasteiger charge is 2.08. The Morgan fingerprint density at radius 3 is 2.62 bits per heavy atom. The van der Waals surface area contributed by atoms with Crippen LogP contribution in [0.15, 0.2) is 30.5 Å². The maximum Gasteiger partial charge on any atom is 0.145 e. The second-order valence-corrected chi connectivity index (χ2v) is 4.32. The van der Waals surface area contributed by atoms with Crippen LogP contribution in [-0.4, -0.2) is 9.38 Å². The van der Waals surface area contributed by atoms with Crippen LogP contribution in [0.5, 0.6) is 0 Å². The molecule has 0 N–H and O–H groups in total. The van der Waals surface area contributed by atoms with Gasteiger partial charge in [0.2, 0.25) is 0 Å². The third-order valence-corrected chi connectivity index (χ3v) is 3.42. The van der Waals surface area contributed by atoms with E-state index in [9.17, 15) is 0 Å². The summed E-state index contributed by atoms with van der Waals surface area (Å²) in [5.41, 5.74) is 4.73. The predicted molar refractivity (Wildman–Crippen MR) is 66.9 cm³/mol. The number of hydrogen-bond donors (Lipinski definition) is 0. The molecule has 1 aromatic carbocycles. The summed E-state index contributed by atoms with van der Waals surface area (Å²) in [5, 5.41) is 2.48. The number of aromatic nitrogens is 2. The Morgan fingerprint density at radius 1 is 1.06 bits per heavy atom. The van der Waals surface area contributed by atoms with Gasteiger partial charge in [-0.25, -0.2) is 4.98 Å². The van der Waals surface area contributed by atoms with E-state index in [2.05, 4.69) is 60.6 Å². The number of nitrogens with zero attached hydrogens (tertiary/aromatic N) is 2. The molecule has 80 valence electrons. The topological polar surface area (TPSA) is 17.3 Å². The Labute approximate surface area is 94.5 Å². The van der Waals surface area contributed by atoms with E-state index >= 15 is 0 Å². The lowest BCUT2D eigenvalue weighted by molar-refractivity contribution is 0.996. The highest BCUT2D eigenvalue weighted by molar-refractivity contribution is 5.95. The number of hydrogen-bond acceptors (Lipinski definition) is 1. The first kappa shape index (κ1) is 9.40. The summed E-state index contributed by atoms with van der Waals surface area (Å²) >= 11 is 0. The van der Waals surface area contributed by atoms with Crippen LogP contribution in [0.3, 0.4) is 0 Å². The molecular weight excluding hydrogens is 196 g/mol. The first-order valence-electron chi connectivity index (χ1n) is 5.52. The lowest BCUT2D eigenvalue weighted by Crippen LogP contribution is -1.99. The van der Waals surface area contributed by atoms with Crippen molar-refractivity contribution < 1.29 is 0 Å². The molecule has 0 spiro atoms. The minimum absolute atomic E-state index is 1.07. The molecule has 2 heterocycles. The number of benzene rings is 1. The Morgan fingerprint density at radius 2 is 1.81 bits per heavy atom. The van der Waals surface area contributed by atoms with Gasteiger partial charge < -0.3 is 4.40 Å². The Hall–Kier alpha value is -1.83. The van der Waals surface area contributed by atoms with Crippen LogP contribution in [0.4, 0.5) is 0 Å². The highest BCUT2D eigenvalue weighted by atomic mass is 15.0. The van der Waals surface area contributed by atoms with Crippen molar-refractivity contribution in [2.75, 3.05) is 0 Å². The van der Waals surface area contributed by atoms with Crippen molar-refractivity contribution in [1.29, 1.82) is 0 Å². The van der Waals surface area contributed by atoms with E-state index in [4.69, 9.17) is 0 Å². The van der Waals surface area contributed by atoms with Crippen LogP contribution >= 0.6 is 0 Å². The molecule has 2 nitrogen and oxygen atoms in total. The molecule has 0 aliphatic heterocycles. The van der Waals surface area contributed by atoms with Crippen LogP contribution in [0.1, 0.15) is 17.0 Å². The second kappa shape index (κ2) is 3.08. The van der Waals surface area contributed by atoms with Crippen molar-refractivity contribution in [3.63, 3.8) is 0 Å². The summed E-state index contributed by atoms with van der Waals surface area (Å²) in [5.74, 6) is 0. The summed E-state index contributed by atoms with van der Waals surface area (Å²) in [6.07, 6.45) is 2.17. The summed E-state index contributed by atoms with van der Waals surface area (Å²) in [4.78, 5) is 4.69. The van der Waals surface area contributed by atoms with Crippen LogP contribution in [0.25, 0.3) is 16.4 Å². The predicted octanol–water partition coefficient (Wildman–Crippen LogP) is 3.41. The van der Waals surface area contributed by atoms with Crippen LogP contribution in [0.2, 0.25) is 0 Å². The first-order chi connectivity index (χ1) is 7.68. The molecule has 0 bridgehead atoms. The van der Waals surface area contributed by atoms with Crippen LogP contribution < -0.4 is 0 Å². The summed E-state index contributed by atoms with van der Waals surface area (Å²) in [6.45, 7) is 6.35. The van der Waals surface area contributed by atoms with Crippen molar-refractivity contribution in [2.45, 2.75) is 20.8 Å². The minimum atomic E-state index is 1.07. The average Bonchev–Trinajstić information content (AvgIpc) is 2.65. The smallest absolute Gasteiger partial charge is 0.145 e. The molecule has 2 heteroatoms. The molecule has 0 unspecified atom stereocenters. The molecule has 3 rings (SSSR count). The number of rotatable bonds is 0. The van der Waals surface area contributed by atoms with E-state index < -0.39 is 0 Å². The Balaban J connectivity index is 2.60. The molecule has 0 amide bonds. The number of aryl methyl sites for hydroxylation is 2. The SMILES string of the molecule is Cc1nc2c3ccccc3cn2c(C)c1C. The molecule has 0 atom stereocenters. The van der Waals surface area contributed by atoms with Gasteiger partial charge in [0.15, 0.2) is 0 Å². The third kappa shape index (κ3) is 1.10. The van der Waals surface area contributed by atoms with Crippen molar-refractivity contribution >= 4 is 16.4 Å². The normalized spacial score (nSPS) is 11.4. The van der Waals surface area contributed by atoms with Gasteiger partial charge in [0.1, 0.15) is 5.65 Å². The van der Waals surface area contributed by atoms with E-state index in [0.29, 0.717) is 0 Å². The second-order valence-electron chi connectivity index (χ2n) is 4.32. The average molecular weight is 210 g/mol. The number of fused-ring (bicyclic) bond motifs is 3. The molecule has 0 fully saturated rings. The molecule has 0 aliphatic rings. The quantitative estimate of drug-likeness (QED) is 0.555. The van der Waals surface area contributed by atoms with Gasteiger partial charge in [-0.3, -0.25) is 0 Å². The maximum atomic E-state index is 4.69. The van der Waals surface area contributed by atoms with Crippen molar-refractivity contribution in [2.24, 2.45) is 0 Å². The van der Waals surface area contributed by atoms with Gasteiger partial charge in [-0.2, -0.15) is 0 Å². The van der Waals surface area contributed by atoms with E-state index in [0.717, 1.165) is 11.3 Å². The zero-order valence-electron chi connectivity index (χ0n) is 9.78. The van der Waals surface area contributed by atoms with E-state index in [1.807, 2.05) is 0 Å². The first-order valence-corrected chi connectivity index (χ1v) is 5.52. The monoisotopic (exact) mass is 210 g/mol. The lowest BCUT2D eigenvalue weighted by Gasteiger charge is -2.07. The molecule has 0 saturated carbocycles. The van der Waals surface area contributed by atoms with Gasteiger partial charge in [-0.05, 0) is 26.3 Å². The zero-order valence-corrected chi connectivity index (χ0v) is 9.78. The maximum absolute atomic E-state index is 4.69. The highest BCUT2D eigenvalue weighted by Crippen LogP contribution is 2.23. The van der Waals surface area contributed by atoms with E-state index in [1.54, 1.807) is 0 Å². The minimum Gasteiger partial charge on any atom is -0.304 e. The van der Waals surface area contributed by atoms with Crippen LogP contribution in [-0.2, 0) is 0 Å². The van der Waals surface area contributed by atoms with E-state index in [-0.39, 0.29) is 0 Å². The molecule has 3 aromatic rings. The summed E-state index contributed by atoms with van der Waals surface area (Å²) < 4.78 is 2.19. The molecule has 0 radical (unpaired) electrons. The molecular formula is C14H14N2. The summed E-state index contributed by atoms with van der Waals surface area (Å²) in [6, 6.07) is 8.39. The van der Waals surface area contributed by atoms with Crippen molar-refractivity contribution in [3.05, 3.63) is 47.4 Å².